The van der Waals surface area contributed by atoms with E-state index in [-0.39, 0.29) is 50.7 Å². The molecule has 0 spiro atoms. The Morgan fingerprint density at radius 2 is 1.37 bits per heavy atom. The van der Waals surface area contributed by atoms with Crippen LogP contribution in [0.15, 0.2) is 30.3 Å². The van der Waals surface area contributed by atoms with Crippen molar-refractivity contribution in [1.82, 2.24) is 0 Å². The van der Waals surface area contributed by atoms with Gasteiger partial charge in [0.05, 0.1) is 10.0 Å². The summed E-state index contributed by atoms with van der Waals surface area (Å²) in [5, 5.41) is 40.0. The van der Waals surface area contributed by atoms with Gasteiger partial charge in [0.15, 0.2) is 0 Å². The summed E-state index contributed by atoms with van der Waals surface area (Å²) in [6.45, 7) is 12.6. The van der Waals surface area contributed by atoms with E-state index in [1.165, 1.54) is 101 Å². The number of rotatable bonds is 12. The van der Waals surface area contributed by atoms with Crippen molar-refractivity contribution in [3.63, 3.8) is 0 Å². The van der Waals surface area contributed by atoms with E-state index in [4.69, 9.17) is 23.2 Å². The zero-order valence-electron chi connectivity index (χ0n) is 33.3. The van der Waals surface area contributed by atoms with Crippen molar-refractivity contribution in [1.29, 1.82) is 0 Å². The predicted molar refractivity (Wildman–Crippen MR) is 219 cm³/mol. The minimum Gasteiger partial charge on any atom is -0.505 e. The van der Waals surface area contributed by atoms with E-state index in [1.807, 2.05) is 6.08 Å². The molecule has 291 valence electrons. The number of halogens is 2. The first kappa shape index (κ1) is 43.4. The summed E-state index contributed by atoms with van der Waals surface area (Å²) >= 11 is 12.6. The molecule has 0 heterocycles. The molecule has 4 saturated carbocycles. The number of allylic oxidation sites excluding steroid dienone is 1. The van der Waals surface area contributed by atoms with Crippen LogP contribution < -0.4 is 0 Å². The van der Waals surface area contributed by atoms with Crippen molar-refractivity contribution in [2.45, 2.75) is 125 Å². The van der Waals surface area contributed by atoms with E-state index in [0.717, 1.165) is 47.8 Å². The molecule has 0 aliphatic heterocycles. The molecule has 2 aromatic carbocycles. The number of benzene rings is 2. The number of carbonyl (C=O) groups is 2. The monoisotopic (exact) mass is 789 g/mol. The van der Waals surface area contributed by atoms with Gasteiger partial charge in [-0.1, -0.05) is 83.2 Å². The van der Waals surface area contributed by atoms with Gasteiger partial charge < -0.3 is 20.4 Å². The molecule has 4 aliphatic carbocycles. The third kappa shape index (κ3) is 8.45. The number of aromatic hydroxyl groups is 2. The summed E-state index contributed by atoms with van der Waals surface area (Å²) in [6.07, 6.45) is 19.8. The van der Waals surface area contributed by atoms with Crippen LogP contribution in [0.3, 0.4) is 0 Å². The van der Waals surface area contributed by atoms with Crippen LogP contribution >= 0.6 is 23.2 Å². The first-order chi connectivity index (χ1) is 25.0. The molecule has 4 aliphatic rings. The Morgan fingerprint density at radius 1 is 0.796 bits per heavy atom. The molecule has 4 N–H and O–H groups in total. The van der Waals surface area contributed by atoms with Crippen LogP contribution in [0.5, 0.6) is 11.5 Å². The minimum atomic E-state index is -1.33. The molecule has 4 fully saturated rings. The quantitative estimate of drug-likeness (QED) is 0.159. The SMILES string of the molecule is CC(C)CCCC(C)[C@H]1CC[C@H]2[C@@H]3CC[C@H]4C[C@@H](CCC=C(c5cc(Cl)c(O)c(C(=O)O)c5)c5cc(Cl)c(O)c(C(=O)O)c5)CC[C@]4(C)[C@H]3CC[C@]12C.[Na]. The average Bonchev–Trinajstić information content (AvgIpc) is 3.46. The number of hydrogen-bond donors (Lipinski definition) is 4. The first-order valence-corrected chi connectivity index (χ1v) is 21.0. The topological polar surface area (TPSA) is 115 Å². The molecular formula is C45H60Cl2NaO6. The molecule has 0 aromatic heterocycles. The van der Waals surface area contributed by atoms with Crippen LogP contribution in [-0.4, -0.2) is 61.9 Å². The standard InChI is InChI=1S/C45H60Cl2O6.Na/c1-25(2)8-6-9-26(3)35-14-15-36-32-13-12-30-20-27(16-18-44(30,4)37(32)17-19-45(35,36)5)10-7-11-31(28-21-33(42(50)51)40(48)38(46)23-28)29-22-34(43(52)53)41(49)39(47)24-29;/h11,21-27,30,32,35-37,48-49H,6-10,12-20H2,1-5H3,(H,50,51)(H,52,53);/t26?,27-,30-,32-,35+,36-,37-,44-,45+;/m0./s1. The van der Waals surface area contributed by atoms with Gasteiger partial charge in [-0.2, -0.15) is 0 Å². The Bertz CT molecular complexity index is 1670. The number of hydrogen-bond acceptors (Lipinski definition) is 4. The predicted octanol–water partition coefficient (Wildman–Crippen LogP) is 12.4. The summed E-state index contributed by atoms with van der Waals surface area (Å²) in [5.74, 6) is 2.64. The van der Waals surface area contributed by atoms with Gasteiger partial charge in [-0.3, -0.25) is 0 Å². The number of phenols is 2. The van der Waals surface area contributed by atoms with Gasteiger partial charge in [0.1, 0.15) is 22.6 Å². The molecule has 6 nitrogen and oxygen atoms in total. The van der Waals surface area contributed by atoms with Crippen LogP contribution in [-0.2, 0) is 0 Å². The van der Waals surface area contributed by atoms with Gasteiger partial charge in [-0.05, 0) is 170 Å². The van der Waals surface area contributed by atoms with Crippen LogP contribution in [0.2, 0.25) is 10.0 Å². The Morgan fingerprint density at radius 3 is 1.94 bits per heavy atom. The number of carboxylic acid groups (broad SMARTS) is 2. The maximum Gasteiger partial charge on any atom is 0.339 e. The summed E-state index contributed by atoms with van der Waals surface area (Å²) in [6, 6.07) is 5.65. The van der Waals surface area contributed by atoms with Crippen molar-refractivity contribution in [3.8, 4) is 11.5 Å². The van der Waals surface area contributed by atoms with Gasteiger partial charge in [0.2, 0.25) is 0 Å². The van der Waals surface area contributed by atoms with E-state index < -0.39 is 23.4 Å². The number of fused-ring (bicyclic) bond motifs is 5. The van der Waals surface area contributed by atoms with Crippen molar-refractivity contribution in [2.24, 2.45) is 58.2 Å². The molecular weight excluding hydrogens is 730 g/mol. The third-order valence-electron chi connectivity index (χ3n) is 15.1. The molecule has 54 heavy (non-hydrogen) atoms. The summed E-state index contributed by atoms with van der Waals surface area (Å²) in [7, 11) is 0. The van der Waals surface area contributed by atoms with Crippen molar-refractivity contribution in [2.75, 3.05) is 0 Å². The molecule has 9 atom stereocenters. The van der Waals surface area contributed by atoms with Crippen LogP contribution in [0, 0.1) is 58.2 Å². The molecule has 0 saturated heterocycles. The van der Waals surface area contributed by atoms with Gasteiger partial charge >= 0.3 is 11.9 Å². The van der Waals surface area contributed by atoms with E-state index in [2.05, 4.69) is 34.6 Å². The summed E-state index contributed by atoms with van der Waals surface area (Å²) in [4.78, 5) is 23.9. The van der Waals surface area contributed by atoms with Crippen LogP contribution in [0.25, 0.3) is 5.57 Å². The van der Waals surface area contributed by atoms with Crippen molar-refractivity contribution < 1.29 is 30.0 Å². The maximum absolute atomic E-state index is 12.0. The fourth-order valence-electron chi connectivity index (χ4n) is 12.3. The first-order valence-electron chi connectivity index (χ1n) is 20.3. The van der Waals surface area contributed by atoms with E-state index in [0.29, 0.717) is 39.9 Å². The molecule has 9 heteroatoms. The van der Waals surface area contributed by atoms with Gasteiger partial charge in [0.25, 0.3) is 0 Å². The zero-order valence-corrected chi connectivity index (χ0v) is 36.8. The fraction of sp³-hybridized carbons (Fsp3) is 0.644. The molecule has 1 radical (unpaired) electrons. The minimum absolute atomic E-state index is 0. The van der Waals surface area contributed by atoms with Gasteiger partial charge in [-0.25, -0.2) is 9.59 Å². The zero-order chi connectivity index (χ0) is 38.4. The normalized spacial score (nSPS) is 30.7. The van der Waals surface area contributed by atoms with E-state index >= 15 is 0 Å². The number of aromatic carboxylic acids is 2. The third-order valence-corrected chi connectivity index (χ3v) is 15.7. The second kappa shape index (κ2) is 17.4. The largest absolute Gasteiger partial charge is 0.505 e. The second-order valence-electron chi connectivity index (χ2n) is 18.3. The van der Waals surface area contributed by atoms with Gasteiger partial charge in [0, 0.05) is 29.6 Å². The Balaban J connectivity index is 0.00000561. The van der Waals surface area contributed by atoms with Gasteiger partial charge in [-0.15, -0.1) is 0 Å². The Hall–Kier alpha value is -1.70. The summed E-state index contributed by atoms with van der Waals surface area (Å²) < 4.78 is 0. The summed E-state index contributed by atoms with van der Waals surface area (Å²) in [5.41, 5.74) is 1.58. The van der Waals surface area contributed by atoms with E-state index in [1.54, 1.807) is 0 Å². The van der Waals surface area contributed by atoms with E-state index in [9.17, 15) is 30.0 Å². The Labute approximate surface area is 354 Å². The average molecular weight is 791 g/mol. The molecule has 6 rings (SSSR count). The Kier molecular flexibility index (Phi) is 14.0. The fourth-order valence-corrected chi connectivity index (χ4v) is 12.8. The van der Waals surface area contributed by atoms with Crippen LogP contribution in [0.1, 0.15) is 156 Å². The number of carboxylic acids is 2. The maximum atomic E-state index is 12.0. The molecule has 0 amide bonds. The van der Waals surface area contributed by atoms with Crippen LogP contribution in [0.4, 0.5) is 0 Å². The van der Waals surface area contributed by atoms with Crippen molar-refractivity contribution >= 4 is 70.3 Å². The van der Waals surface area contributed by atoms with Crippen molar-refractivity contribution in [3.05, 3.63) is 62.6 Å². The second-order valence-corrected chi connectivity index (χ2v) is 19.2. The smallest absolute Gasteiger partial charge is 0.339 e. The molecule has 0 bridgehead atoms. The molecule has 2 aromatic rings. The molecule has 1 unspecified atom stereocenters.